The van der Waals surface area contributed by atoms with Gasteiger partial charge in [0.15, 0.2) is 0 Å². The summed E-state index contributed by atoms with van der Waals surface area (Å²) in [5.74, 6) is 0. The molecule has 3 aromatic carbocycles. The molecule has 5 rings (SSSR count). The molecule has 0 spiro atoms. The maximum atomic E-state index is 4.39. The fraction of sp³-hybridized carbons (Fsp3) is 0.289. The lowest BCUT2D eigenvalue weighted by Gasteiger charge is -2.09. The highest BCUT2D eigenvalue weighted by Crippen LogP contribution is 2.26. The Morgan fingerprint density at radius 3 is 1.93 bits per heavy atom. The van der Waals surface area contributed by atoms with Crippen LogP contribution in [0.1, 0.15) is 68.1 Å². The molecule has 0 aliphatic rings. The molecule has 2 aromatic heterocycles. The van der Waals surface area contributed by atoms with Crippen LogP contribution in [0.2, 0.25) is 0 Å². The van der Waals surface area contributed by atoms with E-state index in [1.807, 2.05) is 31.5 Å². The van der Waals surface area contributed by atoms with Crippen molar-refractivity contribution in [2.45, 2.75) is 73.1 Å². The number of hydrogen-bond donors (Lipinski definition) is 0. The zero-order valence-corrected chi connectivity index (χ0v) is 27.4. The largest absolute Gasteiger partial charge is 0.238 e. The van der Waals surface area contributed by atoms with Gasteiger partial charge in [0.1, 0.15) is 0 Å². The van der Waals surface area contributed by atoms with Crippen LogP contribution in [-0.4, -0.2) is 15.9 Å². The summed E-state index contributed by atoms with van der Waals surface area (Å²) >= 11 is 1.76. The maximum Gasteiger partial charge on any atom is 0.0699 e. The van der Waals surface area contributed by atoms with Gasteiger partial charge in [0.2, 0.25) is 0 Å². The number of thioether (sulfide) groups is 1. The summed E-state index contributed by atoms with van der Waals surface area (Å²) in [5.41, 5.74) is 12.7. The molecule has 0 saturated heterocycles. The molecule has 0 amide bonds. The van der Waals surface area contributed by atoms with Crippen LogP contribution in [0.15, 0.2) is 103 Å². The van der Waals surface area contributed by atoms with Crippen molar-refractivity contribution in [1.29, 1.82) is 0 Å². The van der Waals surface area contributed by atoms with Crippen molar-refractivity contribution in [2.75, 3.05) is 6.26 Å². The van der Waals surface area contributed by atoms with Crippen molar-refractivity contribution in [1.82, 2.24) is 9.61 Å². The van der Waals surface area contributed by atoms with Crippen LogP contribution in [0.5, 0.6) is 0 Å². The monoisotopic (exact) mass is 564 g/mol. The van der Waals surface area contributed by atoms with Gasteiger partial charge in [-0.1, -0.05) is 101 Å². The lowest BCUT2D eigenvalue weighted by molar-refractivity contribution is 0.915. The minimum atomic E-state index is 1.12. The van der Waals surface area contributed by atoms with E-state index >= 15 is 0 Å². The topological polar surface area (TPSA) is 17.3 Å². The Hall–Kier alpha value is -3.56. The van der Waals surface area contributed by atoms with Gasteiger partial charge in [0.25, 0.3) is 0 Å². The number of benzene rings is 3. The van der Waals surface area contributed by atoms with Crippen LogP contribution in [0.4, 0.5) is 0 Å². The van der Waals surface area contributed by atoms with E-state index in [0.717, 1.165) is 18.4 Å². The highest BCUT2D eigenvalue weighted by molar-refractivity contribution is 7.98. The Balaban J connectivity index is 0.000000222. The second-order valence-electron chi connectivity index (χ2n) is 9.86. The summed E-state index contributed by atoms with van der Waals surface area (Å²) in [6.07, 6.45) is 6.29. The van der Waals surface area contributed by atoms with Gasteiger partial charge in [-0.2, -0.15) is 5.10 Å². The third-order valence-corrected chi connectivity index (χ3v) is 7.58. The average Bonchev–Trinajstić information content (AvgIpc) is 3.40. The highest BCUT2D eigenvalue weighted by Gasteiger charge is 2.07. The molecule has 0 aliphatic carbocycles. The van der Waals surface area contributed by atoms with Gasteiger partial charge in [0.05, 0.1) is 11.7 Å². The van der Waals surface area contributed by atoms with Crippen molar-refractivity contribution in [3.63, 3.8) is 0 Å². The molecule has 0 saturated carbocycles. The lowest BCUT2D eigenvalue weighted by Crippen LogP contribution is -1.94. The summed E-state index contributed by atoms with van der Waals surface area (Å²) in [6.45, 7) is 20.6. The predicted octanol–water partition coefficient (Wildman–Crippen LogP) is 11.2. The number of pyridine rings is 1. The summed E-state index contributed by atoms with van der Waals surface area (Å²) in [5, 5.41) is 4.39. The van der Waals surface area contributed by atoms with Gasteiger partial charge in [-0.05, 0) is 110 Å². The third-order valence-electron chi connectivity index (χ3n) is 6.84. The quantitative estimate of drug-likeness (QED) is 0.198. The van der Waals surface area contributed by atoms with E-state index in [1.165, 1.54) is 55.1 Å². The number of fused-ring (bicyclic) bond motifs is 1. The first-order chi connectivity index (χ1) is 19.8. The van der Waals surface area contributed by atoms with Crippen LogP contribution in [-0.2, 0) is 12.8 Å². The molecular weight excluding hydrogens is 516 g/mol. The molecule has 0 radical (unpaired) electrons. The molecular formula is C38H48N2S. The molecule has 2 heterocycles. The molecule has 2 nitrogen and oxygen atoms in total. The summed E-state index contributed by atoms with van der Waals surface area (Å²) in [6, 6.07) is 30.1. The Labute approximate surface area is 253 Å². The number of aryl methyl sites for hydroxylation is 5. The van der Waals surface area contributed by atoms with E-state index in [1.54, 1.807) is 11.8 Å². The molecule has 0 atom stereocenters. The van der Waals surface area contributed by atoms with Crippen LogP contribution >= 0.6 is 11.8 Å². The second-order valence-corrected chi connectivity index (χ2v) is 10.7. The van der Waals surface area contributed by atoms with Crippen LogP contribution in [0.3, 0.4) is 0 Å². The third kappa shape index (κ3) is 9.79. The first-order valence-electron chi connectivity index (χ1n) is 14.7. The number of aromatic nitrogens is 2. The van der Waals surface area contributed by atoms with Crippen molar-refractivity contribution < 1.29 is 0 Å². The fourth-order valence-electron chi connectivity index (χ4n) is 4.37. The number of nitrogens with zero attached hydrogens (tertiary/aromatic N) is 2. The van der Waals surface area contributed by atoms with Gasteiger partial charge in [-0.15, -0.1) is 11.8 Å². The van der Waals surface area contributed by atoms with Gasteiger partial charge >= 0.3 is 0 Å². The molecule has 41 heavy (non-hydrogen) atoms. The zero-order chi connectivity index (χ0) is 30.4. The van der Waals surface area contributed by atoms with Crippen LogP contribution in [0, 0.1) is 20.8 Å². The SMILES string of the molecule is C=C(C)c1ccc(SC)cc1.CC.CCc1cccc(CC)c1.Cc1ccccc1-c1cc(C)n2ncc(C)c2c1. The zero-order valence-electron chi connectivity index (χ0n) is 26.6. The van der Waals surface area contributed by atoms with Gasteiger partial charge in [0, 0.05) is 10.6 Å². The average molecular weight is 565 g/mol. The summed E-state index contributed by atoms with van der Waals surface area (Å²) in [4.78, 5) is 1.30. The van der Waals surface area contributed by atoms with Crippen molar-refractivity contribution >= 4 is 22.9 Å². The van der Waals surface area contributed by atoms with E-state index in [0.29, 0.717) is 0 Å². The summed E-state index contributed by atoms with van der Waals surface area (Å²) < 4.78 is 2.00. The van der Waals surface area contributed by atoms with E-state index in [2.05, 4.69) is 137 Å². The number of allylic oxidation sites excluding steroid dienone is 1. The second kappa shape index (κ2) is 17.3. The number of hydrogen-bond acceptors (Lipinski definition) is 2. The summed E-state index contributed by atoms with van der Waals surface area (Å²) in [7, 11) is 0. The Morgan fingerprint density at radius 2 is 1.39 bits per heavy atom. The van der Waals surface area contributed by atoms with Crippen LogP contribution in [0.25, 0.3) is 22.2 Å². The molecule has 0 fully saturated rings. The Kier molecular flexibility index (Phi) is 14.2. The molecule has 5 aromatic rings. The van der Waals surface area contributed by atoms with Crippen molar-refractivity contribution in [3.8, 4) is 11.1 Å². The standard InChI is InChI=1S/C16H16N2.C10H12S.C10H14.C2H6/c1-11-6-4-5-7-15(11)14-8-13(3)18-16(9-14)12(2)10-17-18;1-8(2)9-4-6-10(11-3)7-5-9;1-3-9-6-5-7-10(4-2)8-9;1-2/h4-10H,1-3H3;4-7H,1H2,2-3H3;5-8H,3-4H2,1-2H3;1-2H3. The minimum Gasteiger partial charge on any atom is -0.238 e. The normalized spacial score (nSPS) is 9.98. The number of rotatable bonds is 5. The first-order valence-corrected chi connectivity index (χ1v) is 15.9. The minimum absolute atomic E-state index is 1.12. The Morgan fingerprint density at radius 1 is 0.780 bits per heavy atom. The molecule has 216 valence electrons. The molecule has 3 heteroatoms. The van der Waals surface area contributed by atoms with Gasteiger partial charge in [-0.3, -0.25) is 0 Å². The predicted molar refractivity (Wildman–Crippen MR) is 184 cm³/mol. The van der Waals surface area contributed by atoms with Gasteiger partial charge < -0.3 is 0 Å². The molecule has 0 bridgehead atoms. The first kappa shape index (κ1) is 33.6. The molecule has 0 N–H and O–H groups in total. The van der Waals surface area contributed by atoms with E-state index < -0.39 is 0 Å². The van der Waals surface area contributed by atoms with E-state index in [4.69, 9.17) is 0 Å². The fourth-order valence-corrected chi connectivity index (χ4v) is 4.78. The van der Waals surface area contributed by atoms with E-state index in [9.17, 15) is 0 Å². The van der Waals surface area contributed by atoms with Crippen LogP contribution < -0.4 is 0 Å². The smallest absolute Gasteiger partial charge is 0.0699 e. The lowest BCUT2D eigenvalue weighted by atomic mass is 10.0. The van der Waals surface area contributed by atoms with Crippen molar-refractivity contribution in [3.05, 3.63) is 131 Å². The van der Waals surface area contributed by atoms with Gasteiger partial charge in [-0.25, -0.2) is 4.52 Å². The molecule has 0 aliphatic heterocycles. The maximum absolute atomic E-state index is 4.39. The van der Waals surface area contributed by atoms with Crippen molar-refractivity contribution in [2.24, 2.45) is 0 Å². The van der Waals surface area contributed by atoms with E-state index in [-0.39, 0.29) is 0 Å². The highest BCUT2D eigenvalue weighted by atomic mass is 32.2. The molecule has 0 unspecified atom stereocenters. The Bertz CT molecular complexity index is 1490.